The number of hydrogen-bond donors (Lipinski definition) is 1. The van der Waals surface area contributed by atoms with Gasteiger partial charge in [-0.05, 0) is 56.4 Å². The first-order valence-electron chi connectivity index (χ1n) is 7.78. The average Bonchev–Trinajstić information content (AvgIpc) is 3.31. The van der Waals surface area contributed by atoms with Crippen molar-refractivity contribution in [3.8, 4) is 6.07 Å². The first-order valence-corrected chi connectivity index (χ1v) is 8.53. The van der Waals surface area contributed by atoms with Gasteiger partial charge < -0.3 is 9.88 Å². The standard InChI is InChI=1S/C18H17Cl2N3O/c1-10-11(2)23(9-12-3-4-12)17(16(10)8-21)22-18(24)13-5-14(19)7-15(20)6-13/h5-7,12H,3-4,9H2,1-2H3,(H,22,24). The Morgan fingerprint density at radius 1 is 1.29 bits per heavy atom. The van der Waals surface area contributed by atoms with Crippen molar-refractivity contribution in [1.82, 2.24) is 4.57 Å². The van der Waals surface area contributed by atoms with Crippen LogP contribution in [0.2, 0.25) is 10.0 Å². The third kappa shape index (κ3) is 3.28. The molecule has 1 fully saturated rings. The van der Waals surface area contributed by atoms with Crippen molar-refractivity contribution < 1.29 is 4.79 Å². The van der Waals surface area contributed by atoms with Crippen molar-refractivity contribution in [1.29, 1.82) is 5.26 Å². The Morgan fingerprint density at radius 2 is 1.92 bits per heavy atom. The highest BCUT2D eigenvalue weighted by Gasteiger charge is 2.27. The summed E-state index contributed by atoms with van der Waals surface area (Å²) in [5.41, 5.74) is 2.79. The van der Waals surface area contributed by atoms with Gasteiger partial charge in [0.2, 0.25) is 0 Å². The van der Waals surface area contributed by atoms with Crippen LogP contribution in [-0.2, 0) is 6.54 Å². The molecule has 6 heteroatoms. The molecule has 124 valence electrons. The predicted octanol–water partition coefficient (Wildman–Crippen LogP) is 4.95. The van der Waals surface area contributed by atoms with E-state index >= 15 is 0 Å². The van der Waals surface area contributed by atoms with E-state index in [4.69, 9.17) is 23.2 Å². The number of nitriles is 1. The second-order valence-electron chi connectivity index (χ2n) is 6.21. The Balaban J connectivity index is 1.97. The highest BCUT2D eigenvalue weighted by molar-refractivity contribution is 6.35. The zero-order chi connectivity index (χ0) is 17.4. The monoisotopic (exact) mass is 361 g/mol. The normalized spacial score (nSPS) is 13.6. The van der Waals surface area contributed by atoms with Crippen LogP contribution in [0.5, 0.6) is 0 Å². The lowest BCUT2D eigenvalue weighted by atomic mass is 10.1. The Kier molecular flexibility index (Phi) is 4.58. The molecule has 0 saturated heterocycles. The lowest BCUT2D eigenvalue weighted by molar-refractivity contribution is 0.102. The summed E-state index contributed by atoms with van der Waals surface area (Å²) < 4.78 is 2.04. The molecule has 1 amide bonds. The molecule has 1 heterocycles. The zero-order valence-corrected chi connectivity index (χ0v) is 15.0. The Morgan fingerprint density at radius 3 is 2.46 bits per heavy atom. The van der Waals surface area contributed by atoms with Crippen LogP contribution in [-0.4, -0.2) is 10.5 Å². The minimum Gasteiger partial charge on any atom is -0.330 e. The molecule has 4 nitrogen and oxygen atoms in total. The number of nitrogens with zero attached hydrogens (tertiary/aromatic N) is 2. The fourth-order valence-corrected chi connectivity index (χ4v) is 3.31. The lowest BCUT2D eigenvalue weighted by Gasteiger charge is -2.13. The molecular weight excluding hydrogens is 345 g/mol. The van der Waals surface area contributed by atoms with Crippen LogP contribution >= 0.6 is 23.2 Å². The quantitative estimate of drug-likeness (QED) is 0.837. The van der Waals surface area contributed by atoms with Gasteiger partial charge >= 0.3 is 0 Å². The summed E-state index contributed by atoms with van der Waals surface area (Å²) in [5.74, 6) is 0.851. The molecular formula is C18H17Cl2N3O. The minimum atomic E-state index is -0.328. The molecule has 1 aliphatic carbocycles. The van der Waals surface area contributed by atoms with Crippen molar-refractivity contribution in [2.45, 2.75) is 33.2 Å². The van der Waals surface area contributed by atoms with E-state index in [1.165, 1.54) is 12.8 Å². The summed E-state index contributed by atoms with van der Waals surface area (Å²) in [5, 5.41) is 13.2. The maximum Gasteiger partial charge on any atom is 0.256 e. The zero-order valence-electron chi connectivity index (χ0n) is 13.5. The number of halogens is 2. The molecule has 1 aromatic heterocycles. The van der Waals surface area contributed by atoms with E-state index in [1.807, 2.05) is 18.4 Å². The molecule has 1 N–H and O–H groups in total. The second kappa shape index (κ2) is 6.51. The maximum atomic E-state index is 12.6. The molecule has 2 aromatic rings. The number of nitrogens with one attached hydrogen (secondary N) is 1. The summed E-state index contributed by atoms with van der Waals surface area (Å²) in [4.78, 5) is 12.6. The van der Waals surface area contributed by atoms with Gasteiger partial charge in [0.05, 0.1) is 5.56 Å². The number of benzene rings is 1. The smallest absolute Gasteiger partial charge is 0.256 e. The van der Waals surface area contributed by atoms with Gasteiger partial charge in [-0.25, -0.2) is 0 Å². The molecule has 1 aliphatic rings. The van der Waals surface area contributed by atoms with Gasteiger partial charge in [0.1, 0.15) is 11.9 Å². The van der Waals surface area contributed by atoms with Crippen LogP contribution in [0.1, 0.15) is 40.0 Å². The van der Waals surface area contributed by atoms with Crippen molar-refractivity contribution >= 4 is 34.9 Å². The van der Waals surface area contributed by atoms with Crippen LogP contribution in [0.15, 0.2) is 18.2 Å². The van der Waals surface area contributed by atoms with Crippen LogP contribution in [0.25, 0.3) is 0 Å². The van der Waals surface area contributed by atoms with Crippen molar-refractivity contribution in [3.63, 3.8) is 0 Å². The average molecular weight is 362 g/mol. The molecule has 0 spiro atoms. The SMILES string of the molecule is Cc1c(C#N)c(NC(=O)c2cc(Cl)cc(Cl)c2)n(CC2CC2)c1C. The second-order valence-corrected chi connectivity index (χ2v) is 7.08. The van der Waals surface area contributed by atoms with Gasteiger partial charge in [-0.2, -0.15) is 5.26 Å². The summed E-state index contributed by atoms with van der Waals surface area (Å²) >= 11 is 11.9. The van der Waals surface area contributed by atoms with Crippen LogP contribution in [0.3, 0.4) is 0 Å². The summed E-state index contributed by atoms with van der Waals surface area (Å²) in [6.45, 7) is 4.70. The van der Waals surface area contributed by atoms with E-state index in [1.54, 1.807) is 18.2 Å². The largest absolute Gasteiger partial charge is 0.330 e. The molecule has 0 aliphatic heterocycles. The van der Waals surface area contributed by atoms with Crippen LogP contribution in [0.4, 0.5) is 5.82 Å². The Hall–Kier alpha value is -1.96. The van der Waals surface area contributed by atoms with E-state index in [0.717, 1.165) is 17.8 Å². The molecule has 0 unspecified atom stereocenters. The van der Waals surface area contributed by atoms with Crippen LogP contribution in [0, 0.1) is 31.1 Å². The molecule has 3 rings (SSSR count). The maximum absolute atomic E-state index is 12.6. The Labute approximate surface area is 151 Å². The van der Waals surface area contributed by atoms with Gasteiger partial charge in [-0.1, -0.05) is 23.2 Å². The Bertz CT molecular complexity index is 840. The first kappa shape index (κ1) is 16.9. The highest BCUT2D eigenvalue weighted by atomic mass is 35.5. The third-order valence-electron chi connectivity index (χ3n) is 4.44. The van der Waals surface area contributed by atoms with E-state index in [0.29, 0.717) is 32.9 Å². The molecule has 1 saturated carbocycles. The minimum absolute atomic E-state index is 0.328. The van der Waals surface area contributed by atoms with Gasteiger partial charge in [0, 0.05) is 27.8 Å². The van der Waals surface area contributed by atoms with Gasteiger partial charge in [0.25, 0.3) is 5.91 Å². The number of carbonyl (C=O) groups excluding carboxylic acids is 1. The van der Waals surface area contributed by atoms with E-state index in [-0.39, 0.29) is 5.91 Å². The number of aromatic nitrogens is 1. The molecule has 0 bridgehead atoms. The molecule has 0 atom stereocenters. The van der Waals surface area contributed by atoms with E-state index in [9.17, 15) is 10.1 Å². The third-order valence-corrected chi connectivity index (χ3v) is 4.87. The summed E-state index contributed by atoms with van der Waals surface area (Å²) in [6.07, 6.45) is 2.38. The molecule has 1 aromatic carbocycles. The number of hydrogen-bond acceptors (Lipinski definition) is 2. The number of anilines is 1. The van der Waals surface area contributed by atoms with Crippen molar-refractivity contribution in [2.24, 2.45) is 5.92 Å². The van der Waals surface area contributed by atoms with Gasteiger partial charge in [0.15, 0.2) is 0 Å². The predicted molar refractivity (Wildman–Crippen MR) is 95.8 cm³/mol. The molecule has 24 heavy (non-hydrogen) atoms. The fourth-order valence-electron chi connectivity index (χ4n) is 2.78. The number of amides is 1. The van der Waals surface area contributed by atoms with Crippen molar-refractivity contribution in [2.75, 3.05) is 5.32 Å². The van der Waals surface area contributed by atoms with Crippen LogP contribution < -0.4 is 5.32 Å². The van der Waals surface area contributed by atoms with Gasteiger partial charge in [-0.3, -0.25) is 4.79 Å². The summed E-state index contributed by atoms with van der Waals surface area (Å²) in [7, 11) is 0. The number of carbonyl (C=O) groups is 1. The topological polar surface area (TPSA) is 57.8 Å². The van der Waals surface area contributed by atoms with Gasteiger partial charge in [-0.15, -0.1) is 0 Å². The first-order chi connectivity index (χ1) is 11.4. The van der Waals surface area contributed by atoms with Crippen molar-refractivity contribution in [3.05, 3.63) is 50.6 Å². The fraction of sp³-hybridized carbons (Fsp3) is 0.333. The lowest BCUT2D eigenvalue weighted by Crippen LogP contribution is -2.17. The van der Waals surface area contributed by atoms with E-state index < -0.39 is 0 Å². The number of rotatable bonds is 4. The summed E-state index contributed by atoms with van der Waals surface area (Å²) in [6, 6.07) is 6.90. The molecule has 0 radical (unpaired) electrons. The van der Waals surface area contributed by atoms with E-state index in [2.05, 4.69) is 11.4 Å². The highest BCUT2D eigenvalue weighted by Crippen LogP contribution is 2.35.